The lowest BCUT2D eigenvalue weighted by Gasteiger charge is -2.26. The molecule has 0 aromatic rings. The first-order valence-corrected chi connectivity index (χ1v) is 6.05. The Bertz CT molecular complexity index is 207. The Labute approximate surface area is 98.9 Å². The van der Waals surface area contributed by atoms with Crippen LogP contribution in [0.5, 0.6) is 0 Å². The number of likely N-dealkylation sites (N-methyl/N-ethyl adjacent to an activating group) is 1. The summed E-state index contributed by atoms with van der Waals surface area (Å²) >= 11 is 0. The first-order valence-electron chi connectivity index (χ1n) is 6.05. The molecule has 0 saturated carbocycles. The summed E-state index contributed by atoms with van der Waals surface area (Å²) < 4.78 is 5.47. The largest absolute Gasteiger partial charge is 0.381 e. The van der Waals surface area contributed by atoms with Crippen molar-refractivity contribution in [3.05, 3.63) is 0 Å². The average molecular weight is 230 g/mol. The van der Waals surface area contributed by atoms with Gasteiger partial charge in [-0.05, 0) is 32.2 Å². The zero-order chi connectivity index (χ0) is 12.6. The van der Waals surface area contributed by atoms with E-state index in [0.29, 0.717) is 18.9 Å². The third kappa shape index (κ3) is 6.08. The molecule has 0 rings (SSSR count). The number of carbonyl (C=O) groups is 1. The van der Waals surface area contributed by atoms with Crippen LogP contribution in [0.4, 0.5) is 0 Å². The zero-order valence-electron chi connectivity index (χ0n) is 11.0. The molecule has 1 amide bonds. The predicted molar refractivity (Wildman–Crippen MR) is 66.2 cm³/mol. The van der Waals surface area contributed by atoms with Crippen LogP contribution in [0.3, 0.4) is 0 Å². The lowest BCUT2D eigenvalue weighted by Crippen LogP contribution is -2.53. The minimum atomic E-state index is -0.601. The molecule has 4 heteroatoms. The first kappa shape index (κ1) is 15.4. The van der Waals surface area contributed by atoms with Crippen LogP contribution < -0.4 is 11.1 Å². The molecular weight excluding hydrogens is 204 g/mol. The van der Waals surface area contributed by atoms with Gasteiger partial charge >= 0.3 is 0 Å². The molecule has 3 N–H and O–H groups in total. The third-order valence-corrected chi connectivity index (χ3v) is 2.53. The fourth-order valence-electron chi connectivity index (χ4n) is 1.54. The van der Waals surface area contributed by atoms with Gasteiger partial charge in [0.25, 0.3) is 0 Å². The van der Waals surface area contributed by atoms with Crippen molar-refractivity contribution in [2.45, 2.75) is 46.1 Å². The van der Waals surface area contributed by atoms with Crippen molar-refractivity contribution in [1.29, 1.82) is 0 Å². The van der Waals surface area contributed by atoms with Crippen molar-refractivity contribution in [2.24, 2.45) is 11.7 Å². The molecule has 0 spiro atoms. The highest BCUT2D eigenvalue weighted by molar-refractivity contribution is 5.84. The van der Waals surface area contributed by atoms with E-state index in [1.807, 2.05) is 13.8 Å². The quantitative estimate of drug-likeness (QED) is 0.587. The Balaban J connectivity index is 3.81. The maximum atomic E-state index is 11.3. The number of primary amides is 1. The van der Waals surface area contributed by atoms with Crippen LogP contribution in [0.1, 0.15) is 40.5 Å². The second kappa shape index (κ2) is 7.63. The Kier molecular flexibility index (Phi) is 7.34. The number of hydrogen-bond acceptors (Lipinski definition) is 3. The van der Waals surface area contributed by atoms with E-state index in [1.165, 1.54) is 0 Å². The summed E-state index contributed by atoms with van der Waals surface area (Å²) in [6.07, 6.45) is 1.56. The number of rotatable bonds is 9. The standard InChI is InChI=1S/C12H26N2O2/c1-5-14-12(4,11(13)15)7-6-8-16-9-10(2)3/h10,14H,5-9H2,1-4H3,(H2,13,15). The number of ether oxygens (including phenoxy) is 1. The van der Waals surface area contributed by atoms with Crippen LogP contribution in [0.2, 0.25) is 0 Å². The molecule has 0 bridgehead atoms. The minimum absolute atomic E-state index is 0.293. The molecule has 0 saturated heterocycles. The maximum absolute atomic E-state index is 11.3. The second-order valence-corrected chi connectivity index (χ2v) is 4.80. The van der Waals surface area contributed by atoms with Crippen LogP contribution >= 0.6 is 0 Å². The van der Waals surface area contributed by atoms with Crippen molar-refractivity contribution >= 4 is 5.91 Å². The van der Waals surface area contributed by atoms with E-state index >= 15 is 0 Å². The molecule has 0 aromatic carbocycles. The molecule has 0 aliphatic rings. The highest BCUT2D eigenvalue weighted by Crippen LogP contribution is 2.11. The van der Waals surface area contributed by atoms with Crippen molar-refractivity contribution in [3.63, 3.8) is 0 Å². The van der Waals surface area contributed by atoms with Gasteiger partial charge < -0.3 is 15.8 Å². The summed E-state index contributed by atoms with van der Waals surface area (Å²) in [5, 5.41) is 3.13. The molecule has 0 aromatic heterocycles. The summed E-state index contributed by atoms with van der Waals surface area (Å²) in [6, 6.07) is 0. The number of carbonyl (C=O) groups excluding carboxylic acids is 1. The van der Waals surface area contributed by atoms with Gasteiger partial charge in [-0.1, -0.05) is 20.8 Å². The fourth-order valence-corrected chi connectivity index (χ4v) is 1.54. The summed E-state index contributed by atoms with van der Waals surface area (Å²) in [5.74, 6) is 0.259. The smallest absolute Gasteiger partial charge is 0.237 e. The van der Waals surface area contributed by atoms with Crippen molar-refractivity contribution in [3.8, 4) is 0 Å². The second-order valence-electron chi connectivity index (χ2n) is 4.80. The molecule has 1 unspecified atom stereocenters. The molecule has 0 fully saturated rings. The molecular formula is C12H26N2O2. The lowest BCUT2D eigenvalue weighted by molar-refractivity contribution is -0.124. The van der Waals surface area contributed by atoms with Crippen LogP contribution in [-0.2, 0) is 9.53 Å². The summed E-state index contributed by atoms with van der Waals surface area (Å²) in [6.45, 7) is 10.3. The molecule has 16 heavy (non-hydrogen) atoms. The minimum Gasteiger partial charge on any atom is -0.381 e. The summed E-state index contributed by atoms with van der Waals surface area (Å²) in [4.78, 5) is 11.3. The van der Waals surface area contributed by atoms with Gasteiger partial charge in [0.15, 0.2) is 0 Å². The van der Waals surface area contributed by atoms with Crippen LogP contribution in [-0.4, -0.2) is 31.2 Å². The van der Waals surface area contributed by atoms with Crippen molar-refractivity contribution in [2.75, 3.05) is 19.8 Å². The van der Waals surface area contributed by atoms with E-state index in [-0.39, 0.29) is 5.91 Å². The molecule has 1 atom stereocenters. The van der Waals surface area contributed by atoms with Crippen molar-refractivity contribution < 1.29 is 9.53 Å². The van der Waals surface area contributed by atoms with Gasteiger partial charge in [0.1, 0.15) is 0 Å². The van der Waals surface area contributed by atoms with Crippen LogP contribution in [0.25, 0.3) is 0 Å². The number of amides is 1. The first-order chi connectivity index (χ1) is 7.42. The Morgan fingerprint density at radius 3 is 2.56 bits per heavy atom. The lowest BCUT2D eigenvalue weighted by atomic mass is 9.95. The van der Waals surface area contributed by atoms with Gasteiger partial charge in [-0.15, -0.1) is 0 Å². The van der Waals surface area contributed by atoms with E-state index in [4.69, 9.17) is 10.5 Å². The molecule has 4 nitrogen and oxygen atoms in total. The SMILES string of the molecule is CCNC(C)(CCCOCC(C)C)C(N)=O. The van der Waals surface area contributed by atoms with Gasteiger partial charge in [0, 0.05) is 13.2 Å². The predicted octanol–water partition coefficient (Wildman–Crippen LogP) is 1.29. The monoisotopic (exact) mass is 230 g/mol. The Hall–Kier alpha value is -0.610. The van der Waals surface area contributed by atoms with E-state index in [0.717, 1.165) is 19.6 Å². The Morgan fingerprint density at radius 2 is 2.12 bits per heavy atom. The van der Waals surface area contributed by atoms with Crippen LogP contribution in [0, 0.1) is 5.92 Å². The third-order valence-electron chi connectivity index (χ3n) is 2.53. The van der Waals surface area contributed by atoms with Gasteiger partial charge in [-0.25, -0.2) is 0 Å². The Morgan fingerprint density at radius 1 is 1.50 bits per heavy atom. The number of nitrogens with one attached hydrogen (secondary N) is 1. The number of nitrogens with two attached hydrogens (primary N) is 1. The number of hydrogen-bond donors (Lipinski definition) is 2. The van der Waals surface area contributed by atoms with Gasteiger partial charge in [-0.2, -0.15) is 0 Å². The van der Waals surface area contributed by atoms with Gasteiger partial charge in [0.05, 0.1) is 5.54 Å². The van der Waals surface area contributed by atoms with E-state index in [1.54, 1.807) is 0 Å². The van der Waals surface area contributed by atoms with Gasteiger partial charge in [-0.3, -0.25) is 4.79 Å². The van der Waals surface area contributed by atoms with Crippen LogP contribution in [0.15, 0.2) is 0 Å². The highest BCUT2D eigenvalue weighted by Gasteiger charge is 2.28. The zero-order valence-corrected chi connectivity index (χ0v) is 11.0. The van der Waals surface area contributed by atoms with Crippen molar-refractivity contribution in [1.82, 2.24) is 5.32 Å². The maximum Gasteiger partial charge on any atom is 0.237 e. The normalized spacial score (nSPS) is 15.1. The topological polar surface area (TPSA) is 64.3 Å². The molecule has 0 aliphatic carbocycles. The summed E-state index contributed by atoms with van der Waals surface area (Å²) in [5.41, 5.74) is 4.78. The summed E-state index contributed by atoms with van der Waals surface area (Å²) in [7, 11) is 0. The van der Waals surface area contributed by atoms with E-state index in [9.17, 15) is 4.79 Å². The average Bonchev–Trinajstić information content (AvgIpc) is 2.17. The molecule has 0 heterocycles. The fraction of sp³-hybridized carbons (Fsp3) is 0.917. The van der Waals surface area contributed by atoms with E-state index < -0.39 is 5.54 Å². The molecule has 96 valence electrons. The highest BCUT2D eigenvalue weighted by atomic mass is 16.5. The molecule has 0 radical (unpaired) electrons. The van der Waals surface area contributed by atoms with Gasteiger partial charge in [0.2, 0.25) is 5.91 Å². The molecule has 0 aliphatic heterocycles. The van der Waals surface area contributed by atoms with E-state index in [2.05, 4.69) is 19.2 Å².